The summed E-state index contributed by atoms with van der Waals surface area (Å²) >= 11 is 0. The fourth-order valence-electron chi connectivity index (χ4n) is 3.18. The topological polar surface area (TPSA) is 40.6 Å². The third kappa shape index (κ3) is 3.92. The van der Waals surface area contributed by atoms with Crippen molar-refractivity contribution in [2.45, 2.75) is 39.5 Å². The minimum atomic E-state index is 0.175. The van der Waals surface area contributed by atoms with Gasteiger partial charge in [-0.3, -0.25) is 9.59 Å². The molecule has 1 aliphatic heterocycles. The summed E-state index contributed by atoms with van der Waals surface area (Å²) < 4.78 is 0. The van der Waals surface area contributed by atoms with Gasteiger partial charge in [0.1, 0.15) is 0 Å². The number of carbonyl (C=O) groups excluding carboxylic acids is 2. The van der Waals surface area contributed by atoms with Gasteiger partial charge >= 0.3 is 0 Å². The van der Waals surface area contributed by atoms with E-state index in [4.69, 9.17) is 0 Å². The predicted molar refractivity (Wildman–Crippen MR) is 90.1 cm³/mol. The molecule has 0 spiro atoms. The molecule has 0 atom stereocenters. The summed E-state index contributed by atoms with van der Waals surface area (Å²) in [6, 6.07) is 6.23. The normalized spacial score (nSPS) is 18.7. The Bertz CT molecular complexity index is 607. The van der Waals surface area contributed by atoms with Crippen molar-refractivity contribution in [3.63, 3.8) is 0 Å². The molecule has 1 aromatic rings. The molecule has 23 heavy (non-hydrogen) atoms. The van der Waals surface area contributed by atoms with Crippen molar-refractivity contribution in [1.29, 1.82) is 0 Å². The van der Waals surface area contributed by atoms with Gasteiger partial charge < -0.3 is 9.80 Å². The largest absolute Gasteiger partial charge is 0.341 e. The van der Waals surface area contributed by atoms with E-state index in [0.29, 0.717) is 25.4 Å². The van der Waals surface area contributed by atoms with Crippen molar-refractivity contribution in [3.8, 4) is 0 Å². The van der Waals surface area contributed by atoms with E-state index in [1.807, 2.05) is 15.9 Å². The lowest BCUT2D eigenvalue weighted by Crippen LogP contribution is -2.38. The van der Waals surface area contributed by atoms with Crippen LogP contribution in [0.4, 0.5) is 0 Å². The lowest BCUT2D eigenvalue weighted by Gasteiger charge is -2.22. The van der Waals surface area contributed by atoms with Crippen molar-refractivity contribution in [1.82, 2.24) is 9.80 Å². The number of rotatable bonds is 3. The smallest absolute Gasteiger partial charge is 0.227 e. The molecule has 0 unspecified atom stereocenters. The zero-order valence-corrected chi connectivity index (χ0v) is 14.2. The Hall–Kier alpha value is -1.84. The minimum absolute atomic E-state index is 0.175. The highest BCUT2D eigenvalue weighted by atomic mass is 16.2. The van der Waals surface area contributed by atoms with Crippen molar-refractivity contribution in [3.05, 3.63) is 34.9 Å². The molecular formula is C19H26N2O2. The summed E-state index contributed by atoms with van der Waals surface area (Å²) in [6.45, 7) is 7.08. The Morgan fingerprint density at radius 1 is 1.00 bits per heavy atom. The highest BCUT2D eigenvalue weighted by Crippen LogP contribution is 2.31. The van der Waals surface area contributed by atoms with Crippen LogP contribution in [0, 0.1) is 19.8 Å². The fourth-order valence-corrected chi connectivity index (χ4v) is 3.18. The molecule has 4 heteroatoms. The van der Waals surface area contributed by atoms with Crippen LogP contribution < -0.4 is 0 Å². The summed E-state index contributed by atoms with van der Waals surface area (Å²) in [7, 11) is 0. The molecule has 2 fully saturated rings. The van der Waals surface area contributed by atoms with Gasteiger partial charge in [-0.15, -0.1) is 0 Å². The number of carbonyl (C=O) groups is 2. The summed E-state index contributed by atoms with van der Waals surface area (Å²) in [5.41, 5.74) is 3.56. The van der Waals surface area contributed by atoms with E-state index in [0.717, 1.165) is 37.9 Å². The van der Waals surface area contributed by atoms with Gasteiger partial charge in [-0.25, -0.2) is 0 Å². The molecule has 0 aromatic heterocycles. The summed E-state index contributed by atoms with van der Waals surface area (Å²) in [6.07, 6.45) is 3.43. The number of benzene rings is 1. The minimum Gasteiger partial charge on any atom is -0.341 e. The predicted octanol–water partition coefficient (Wildman–Crippen LogP) is 2.32. The molecule has 0 N–H and O–H groups in total. The average molecular weight is 314 g/mol. The van der Waals surface area contributed by atoms with Gasteiger partial charge in [-0.2, -0.15) is 0 Å². The van der Waals surface area contributed by atoms with Crippen LogP contribution in [0.25, 0.3) is 0 Å². The molecule has 4 nitrogen and oxygen atoms in total. The second kappa shape index (κ2) is 6.73. The molecule has 124 valence electrons. The number of aryl methyl sites for hydroxylation is 2. The van der Waals surface area contributed by atoms with Crippen molar-refractivity contribution in [2.24, 2.45) is 5.92 Å². The maximum Gasteiger partial charge on any atom is 0.227 e. The Kier molecular flexibility index (Phi) is 4.69. The van der Waals surface area contributed by atoms with E-state index in [1.165, 1.54) is 11.1 Å². The van der Waals surface area contributed by atoms with E-state index in [1.54, 1.807) is 0 Å². The number of nitrogens with zero attached hydrogens (tertiary/aromatic N) is 2. The van der Waals surface area contributed by atoms with Gasteiger partial charge in [-0.1, -0.05) is 18.2 Å². The van der Waals surface area contributed by atoms with Crippen LogP contribution in [-0.2, 0) is 16.0 Å². The number of hydrogen-bond acceptors (Lipinski definition) is 2. The first-order valence-corrected chi connectivity index (χ1v) is 8.67. The summed E-state index contributed by atoms with van der Waals surface area (Å²) in [5.74, 6) is 0.746. The van der Waals surface area contributed by atoms with Gasteiger partial charge in [0.2, 0.25) is 11.8 Å². The maximum absolute atomic E-state index is 12.6. The quantitative estimate of drug-likeness (QED) is 0.859. The van der Waals surface area contributed by atoms with E-state index in [2.05, 4.69) is 26.0 Å². The van der Waals surface area contributed by atoms with Gasteiger partial charge in [0.05, 0.1) is 6.42 Å². The van der Waals surface area contributed by atoms with Crippen LogP contribution in [0.1, 0.15) is 36.0 Å². The van der Waals surface area contributed by atoms with Gasteiger partial charge in [0.15, 0.2) is 0 Å². The standard InChI is InChI=1S/C19H26N2O2/c1-14-4-5-16(12-15(14)2)13-18(22)20-8-3-9-21(11-10-20)19(23)17-6-7-17/h4-5,12,17H,3,6-11,13H2,1-2H3. The van der Waals surface area contributed by atoms with E-state index in [-0.39, 0.29) is 11.8 Å². The average Bonchev–Trinajstić information content (AvgIpc) is 3.36. The Balaban J connectivity index is 1.57. The number of hydrogen-bond donors (Lipinski definition) is 0. The molecule has 1 heterocycles. The van der Waals surface area contributed by atoms with Crippen molar-refractivity contribution >= 4 is 11.8 Å². The van der Waals surface area contributed by atoms with E-state index < -0.39 is 0 Å². The monoisotopic (exact) mass is 314 g/mol. The first kappa shape index (κ1) is 16.0. The number of amides is 2. The molecule has 3 rings (SSSR count). The molecule has 2 aliphatic rings. The third-order valence-corrected chi connectivity index (χ3v) is 5.01. The van der Waals surface area contributed by atoms with Crippen LogP contribution >= 0.6 is 0 Å². The molecule has 2 amide bonds. The fraction of sp³-hybridized carbons (Fsp3) is 0.579. The molecule has 0 radical (unpaired) electrons. The van der Waals surface area contributed by atoms with Gasteiger partial charge in [0, 0.05) is 32.1 Å². The van der Waals surface area contributed by atoms with Gasteiger partial charge in [0.25, 0.3) is 0 Å². The zero-order valence-electron chi connectivity index (χ0n) is 14.2. The van der Waals surface area contributed by atoms with Crippen LogP contribution in [0.3, 0.4) is 0 Å². The molecule has 0 bridgehead atoms. The first-order valence-electron chi connectivity index (χ1n) is 8.67. The molecule has 1 saturated heterocycles. The molecular weight excluding hydrogens is 288 g/mol. The lowest BCUT2D eigenvalue weighted by molar-refractivity contribution is -0.134. The highest BCUT2D eigenvalue weighted by Gasteiger charge is 2.34. The van der Waals surface area contributed by atoms with E-state index in [9.17, 15) is 9.59 Å². The first-order chi connectivity index (χ1) is 11.0. The SMILES string of the molecule is Cc1ccc(CC(=O)N2CCCN(C(=O)C3CC3)CC2)cc1C. The maximum atomic E-state index is 12.6. The zero-order chi connectivity index (χ0) is 16.4. The molecule has 1 aliphatic carbocycles. The van der Waals surface area contributed by atoms with E-state index >= 15 is 0 Å². The molecule has 1 saturated carbocycles. The third-order valence-electron chi connectivity index (χ3n) is 5.01. The summed E-state index contributed by atoms with van der Waals surface area (Å²) in [5, 5.41) is 0. The van der Waals surface area contributed by atoms with Crippen LogP contribution in [0.5, 0.6) is 0 Å². The highest BCUT2D eigenvalue weighted by molar-refractivity contribution is 5.81. The van der Waals surface area contributed by atoms with Crippen molar-refractivity contribution < 1.29 is 9.59 Å². The lowest BCUT2D eigenvalue weighted by atomic mass is 10.0. The van der Waals surface area contributed by atoms with Crippen LogP contribution in [-0.4, -0.2) is 47.8 Å². The Morgan fingerprint density at radius 3 is 2.39 bits per heavy atom. The Morgan fingerprint density at radius 2 is 1.70 bits per heavy atom. The van der Waals surface area contributed by atoms with Crippen LogP contribution in [0.2, 0.25) is 0 Å². The van der Waals surface area contributed by atoms with Crippen LogP contribution in [0.15, 0.2) is 18.2 Å². The second-order valence-electron chi connectivity index (χ2n) is 6.93. The van der Waals surface area contributed by atoms with Gasteiger partial charge in [-0.05, 0) is 49.8 Å². The molecule has 1 aromatic carbocycles. The Labute approximate surface area is 138 Å². The van der Waals surface area contributed by atoms with Crippen molar-refractivity contribution in [2.75, 3.05) is 26.2 Å². The second-order valence-corrected chi connectivity index (χ2v) is 6.93. The summed E-state index contributed by atoms with van der Waals surface area (Å²) in [4.78, 5) is 28.6.